The molecule has 1 aromatic rings. The summed E-state index contributed by atoms with van der Waals surface area (Å²) < 4.78 is 16.2. The monoisotopic (exact) mass is 253 g/mol. The van der Waals surface area contributed by atoms with Crippen LogP contribution in [-0.4, -0.2) is 22.9 Å². The third kappa shape index (κ3) is 4.03. The summed E-state index contributed by atoms with van der Waals surface area (Å²) in [6.45, 7) is 5.76. The summed E-state index contributed by atoms with van der Waals surface area (Å²) in [4.78, 5) is 11.8. The summed E-state index contributed by atoms with van der Waals surface area (Å²) >= 11 is -1.46. The van der Waals surface area contributed by atoms with E-state index in [-0.39, 0.29) is 5.91 Å². The van der Waals surface area contributed by atoms with Crippen molar-refractivity contribution in [1.29, 1.82) is 0 Å². The topological polar surface area (TPSA) is 55.4 Å². The minimum atomic E-state index is -1.46. The zero-order valence-electron chi connectivity index (χ0n) is 9.86. The Morgan fingerprint density at radius 1 is 1.59 bits per heavy atom. The van der Waals surface area contributed by atoms with Crippen LogP contribution in [0.1, 0.15) is 15.9 Å². The molecule has 0 bridgehead atoms. The van der Waals surface area contributed by atoms with Gasteiger partial charge >= 0.3 is 0 Å². The minimum Gasteiger partial charge on any atom is -0.400 e. The average molecular weight is 253 g/mol. The second-order valence-electron chi connectivity index (χ2n) is 3.48. The number of carbonyl (C=O) groups is 1. The largest absolute Gasteiger partial charge is 0.400 e. The highest BCUT2D eigenvalue weighted by atomic mass is 32.2. The maximum Gasteiger partial charge on any atom is 0.255 e. The van der Waals surface area contributed by atoms with Crippen LogP contribution in [0.5, 0.6) is 5.75 Å². The lowest BCUT2D eigenvalue weighted by Crippen LogP contribution is -2.24. The number of aryl methyl sites for hydroxylation is 1. The normalized spacial score (nSPS) is 11.6. The molecule has 1 N–H and O–H groups in total. The fraction of sp³-hybridized carbons (Fsp3) is 0.250. The van der Waals surface area contributed by atoms with Gasteiger partial charge in [-0.25, -0.2) is 4.21 Å². The van der Waals surface area contributed by atoms with Crippen molar-refractivity contribution in [3.8, 4) is 5.75 Å². The Labute approximate surface area is 103 Å². The molecule has 0 aliphatic heterocycles. The highest BCUT2D eigenvalue weighted by molar-refractivity contribution is 7.79. The molecule has 92 valence electrons. The van der Waals surface area contributed by atoms with E-state index >= 15 is 0 Å². The van der Waals surface area contributed by atoms with E-state index in [9.17, 15) is 9.00 Å². The van der Waals surface area contributed by atoms with Gasteiger partial charge in [0.05, 0.1) is 5.56 Å². The van der Waals surface area contributed by atoms with Gasteiger partial charge in [0.1, 0.15) is 0 Å². The molecule has 0 spiro atoms. The third-order valence-electron chi connectivity index (χ3n) is 2.00. The van der Waals surface area contributed by atoms with Gasteiger partial charge in [-0.1, -0.05) is 12.1 Å². The summed E-state index contributed by atoms with van der Waals surface area (Å²) in [5, 5.41) is 2.65. The van der Waals surface area contributed by atoms with E-state index in [1.807, 2.05) is 6.92 Å². The zero-order valence-corrected chi connectivity index (χ0v) is 10.7. The molecule has 0 aliphatic rings. The molecule has 0 aromatic heterocycles. The van der Waals surface area contributed by atoms with Crippen LogP contribution in [-0.2, 0) is 11.1 Å². The lowest BCUT2D eigenvalue weighted by molar-refractivity contribution is 0.0956. The lowest BCUT2D eigenvalue weighted by atomic mass is 10.1. The van der Waals surface area contributed by atoms with Crippen molar-refractivity contribution >= 4 is 17.0 Å². The number of rotatable bonds is 5. The van der Waals surface area contributed by atoms with Crippen LogP contribution < -0.4 is 9.50 Å². The Hall–Kier alpha value is -1.62. The van der Waals surface area contributed by atoms with Crippen molar-refractivity contribution in [3.05, 3.63) is 42.0 Å². The van der Waals surface area contributed by atoms with Crippen LogP contribution in [0.15, 0.2) is 30.9 Å². The van der Waals surface area contributed by atoms with E-state index in [4.69, 9.17) is 4.18 Å². The van der Waals surface area contributed by atoms with E-state index in [0.29, 0.717) is 17.9 Å². The second-order valence-corrected chi connectivity index (χ2v) is 4.45. The van der Waals surface area contributed by atoms with Gasteiger partial charge in [0.15, 0.2) is 5.75 Å². The SMILES string of the molecule is C=CCNC(=O)c1ccc(C)cc1OS(C)=O. The van der Waals surface area contributed by atoms with Crippen molar-refractivity contribution in [1.82, 2.24) is 5.32 Å². The fourth-order valence-corrected chi connectivity index (χ4v) is 1.66. The first-order valence-corrected chi connectivity index (χ1v) is 6.54. The van der Waals surface area contributed by atoms with Crippen molar-refractivity contribution < 1.29 is 13.2 Å². The standard InChI is InChI=1S/C12H15NO3S/c1-4-7-13-12(14)10-6-5-9(2)8-11(10)16-17(3)15/h4-6,8H,1,7H2,2-3H3,(H,13,14). The second kappa shape index (κ2) is 6.20. The molecule has 0 saturated heterocycles. The van der Waals surface area contributed by atoms with Crippen LogP contribution >= 0.6 is 0 Å². The maximum absolute atomic E-state index is 11.8. The Kier molecular flexibility index (Phi) is 4.90. The highest BCUT2D eigenvalue weighted by Gasteiger charge is 2.13. The summed E-state index contributed by atoms with van der Waals surface area (Å²) in [7, 11) is 0. The van der Waals surface area contributed by atoms with Gasteiger partial charge in [0.25, 0.3) is 5.91 Å². The molecular formula is C12H15NO3S. The first-order valence-electron chi connectivity index (χ1n) is 5.06. The molecule has 1 amide bonds. The fourth-order valence-electron chi connectivity index (χ4n) is 1.27. The zero-order chi connectivity index (χ0) is 12.8. The van der Waals surface area contributed by atoms with Gasteiger partial charge in [0.2, 0.25) is 11.1 Å². The van der Waals surface area contributed by atoms with Crippen LogP contribution in [0.2, 0.25) is 0 Å². The summed E-state index contributed by atoms with van der Waals surface area (Å²) in [6, 6.07) is 5.13. The van der Waals surface area contributed by atoms with Gasteiger partial charge in [-0.05, 0) is 24.6 Å². The predicted molar refractivity (Wildman–Crippen MR) is 68.4 cm³/mol. The molecule has 4 nitrogen and oxygen atoms in total. The van der Waals surface area contributed by atoms with Gasteiger partial charge < -0.3 is 9.50 Å². The predicted octanol–water partition coefficient (Wildman–Crippen LogP) is 1.58. The van der Waals surface area contributed by atoms with Gasteiger partial charge in [0, 0.05) is 12.8 Å². The van der Waals surface area contributed by atoms with E-state index in [2.05, 4.69) is 11.9 Å². The Balaban J connectivity index is 3.00. The number of carbonyl (C=O) groups excluding carboxylic acids is 1. The molecule has 17 heavy (non-hydrogen) atoms. The number of nitrogens with one attached hydrogen (secondary N) is 1. The van der Waals surface area contributed by atoms with Crippen molar-refractivity contribution in [3.63, 3.8) is 0 Å². The van der Waals surface area contributed by atoms with Gasteiger partial charge in [-0.15, -0.1) is 6.58 Å². The molecule has 1 rings (SSSR count). The van der Waals surface area contributed by atoms with Crippen LogP contribution in [0, 0.1) is 6.92 Å². The molecule has 1 aromatic carbocycles. The first kappa shape index (κ1) is 13.4. The third-order valence-corrected chi connectivity index (χ3v) is 2.41. The number of hydrogen-bond donors (Lipinski definition) is 1. The molecule has 0 aliphatic carbocycles. The van der Waals surface area contributed by atoms with E-state index in [1.165, 1.54) is 6.26 Å². The average Bonchev–Trinajstić information content (AvgIpc) is 2.25. The van der Waals surface area contributed by atoms with Gasteiger partial charge in [-0.3, -0.25) is 4.79 Å². The highest BCUT2D eigenvalue weighted by Crippen LogP contribution is 2.20. The number of hydrogen-bond acceptors (Lipinski definition) is 3. The van der Waals surface area contributed by atoms with E-state index < -0.39 is 11.1 Å². The first-order chi connectivity index (χ1) is 8.04. The Morgan fingerprint density at radius 2 is 2.29 bits per heavy atom. The van der Waals surface area contributed by atoms with Crippen molar-refractivity contribution in [2.24, 2.45) is 0 Å². The smallest absolute Gasteiger partial charge is 0.255 e. The van der Waals surface area contributed by atoms with E-state index in [0.717, 1.165) is 5.56 Å². The minimum absolute atomic E-state index is 0.273. The Morgan fingerprint density at radius 3 is 2.88 bits per heavy atom. The van der Waals surface area contributed by atoms with Crippen molar-refractivity contribution in [2.45, 2.75) is 6.92 Å². The maximum atomic E-state index is 11.8. The molecule has 5 heteroatoms. The molecule has 1 unspecified atom stereocenters. The molecule has 0 heterocycles. The molecule has 0 radical (unpaired) electrons. The van der Waals surface area contributed by atoms with Crippen LogP contribution in [0.3, 0.4) is 0 Å². The number of benzene rings is 1. The summed E-state index contributed by atoms with van der Waals surface area (Å²) in [5.74, 6) is 0.0535. The Bertz CT molecular complexity index is 457. The molecule has 0 fully saturated rings. The van der Waals surface area contributed by atoms with Crippen LogP contribution in [0.4, 0.5) is 0 Å². The van der Waals surface area contributed by atoms with E-state index in [1.54, 1.807) is 24.3 Å². The lowest BCUT2D eigenvalue weighted by Gasteiger charge is -2.09. The quantitative estimate of drug-likeness (QED) is 0.811. The molecule has 0 saturated carbocycles. The van der Waals surface area contributed by atoms with Crippen molar-refractivity contribution in [2.75, 3.05) is 12.8 Å². The van der Waals surface area contributed by atoms with Gasteiger partial charge in [-0.2, -0.15) is 0 Å². The van der Waals surface area contributed by atoms with Crippen LogP contribution in [0.25, 0.3) is 0 Å². The number of amides is 1. The summed E-state index contributed by atoms with van der Waals surface area (Å²) in [6.07, 6.45) is 3.00. The molecular weight excluding hydrogens is 238 g/mol. The molecule has 1 atom stereocenters. The summed E-state index contributed by atoms with van der Waals surface area (Å²) in [5.41, 5.74) is 1.30.